The van der Waals surface area contributed by atoms with E-state index in [4.69, 9.17) is 5.73 Å². The highest BCUT2D eigenvalue weighted by atomic mass is 35.5. The molecule has 0 spiro atoms. The third-order valence-electron chi connectivity index (χ3n) is 3.33. The van der Waals surface area contributed by atoms with Crippen LogP contribution in [0.3, 0.4) is 0 Å². The number of nitrogens with one attached hydrogen (secondary N) is 1. The van der Waals surface area contributed by atoms with Crippen molar-refractivity contribution in [2.24, 2.45) is 5.73 Å². The highest BCUT2D eigenvalue weighted by Crippen LogP contribution is 2.22. The average Bonchev–Trinajstić information content (AvgIpc) is 2.86. The van der Waals surface area contributed by atoms with E-state index in [1.54, 1.807) is 19.2 Å². The molecule has 3 N–H and O–H groups in total. The SMILES string of the molecule is CCCC(C)(N)C(=O)Nc1ncc(Cc2cccc(F)c2)s1.Cl. The normalized spacial score (nSPS) is 13.0. The van der Waals surface area contributed by atoms with Crippen LogP contribution in [0.5, 0.6) is 0 Å². The predicted molar refractivity (Wildman–Crippen MR) is 94.7 cm³/mol. The molecule has 23 heavy (non-hydrogen) atoms. The van der Waals surface area contributed by atoms with Crippen LogP contribution in [-0.2, 0) is 11.2 Å². The molecule has 0 fully saturated rings. The van der Waals surface area contributed by atoms with Crippen molar-refractivity contribution in [2.75, 3.05) is 5.32 Å². The molecule has 1 aromatic carbocycles. The first-order chi connectivity index (χ1) is 10.4. The lowest BCUT2D eigenvalue weighted by atomic mass is 9.97. The highest BCUT2D eigenvalue weighted by Gasteiger charge is 2.27. The smallest absolute Gasteiger partial charge is 0.245 e. The van der Waals surface area contributed by atoms with Crippen LogP contribution in [0.25, 0.3) is 0 Å². The zero-order chi connectivity index (χ0) is 16.2. The third-order valence-corrected chi connectivity index (χ3v) is 4.24. The van der Waals surface area contributed by atoms with E-state index in [9.17, 15) is 9.18 Å². The van der Waals surface area contributed by atoms with Gasteiger partial charge in [0.25, 0.3) is 0 Å². The molecular formula is C16H21ClFN3OS. The Balaban J connectivity index is 0.00000264. The second-order valence-electron chi connectivity index (χ2n) is 5.56. The molecule has 1 amide bonds. The number of hydrogen-bond donors (Lipinski definition) is 2. The van der Waals surface area contributed by atoms with Gasteiger partial charge in [-0.3, -0.25) is 4.79 Å². The Morgan fingerprint density at radius 3 is 2.87 bits per heavy atom. The van der Waals surface area contributed by atoms with Crippen molar-refractivity contribution in [3.05, 3.63) is 46.7 Å². The Hall–Kier alpha value is -1.50. The second kappa shape index (κ2) is 8.38. The quantitative estimate of drug-likeness (QED) is 0.827. The maximum atomic E-state index is 13.2. The van der Waals surface area contributed by atoms with E-state index in [2.05, 4.69) is 10.3 Å². The van der Waals surface area contributed by atoms with Crippen molar-refractivity contribution in [2.45, 2.75) is 38.6 Å². The van der Waals surface area contributed by atoms with Crippen molar-refractivity contribution in [3.63, 3.8) is 0 Å². The highest BCUT2D eigenvalue weighted by molar-refractivity contribution is 7.15. The Labute approximate surface area is 145 Å². The number of aromatic nitrogens is 1. The summed E-state index contributed by atoms with van der Waals surface area (Å²) in [5.74, 6) is -0.491. The predicted octanol–water partition coefficient (Wildman–Crippen LogP) is 3.75. The van der Waals surface area contributed by atoms with Gasteiger partial charge >= 0.3 is 0 Å². The molecule has 4 nitrogen and oxygen atoms in total. The molecule has 0 saturated heterocycles. The maximum Gasteiger partial charge on any atom is 0.245 e. The van der Waals surface area contributed by atoms with Gasteiger partial charge < -0.3 is 11.1 Å². The van der Waals surface area contributed by atoms with Gasteiger partial charge in [-0.2, -0.15) is 0 Å². The van der Waals surface area contributed by atoms with Crippen LogP contribution in [0.15, 0.2) is 30.5 Å². The zero-order valence-corrected chi connectivity index (χ0v) is 14.8. The van der Waals surface area contributed by atoms with Crippen LogP contribution >= 0.6 is 23.7 Å². The molecule has 1 atom stereocenters. The molecule has 1 heterocycles. The van der Waals surface area contributed by atoms with E-state index in [0.717, 1.165) is 16.9 Å². The third kappa shape index (κ3) is 5.57. The molecule has 0 saturated carbocycles. The minimum Gasteiger partial charge on any atom is -0.318 e. The summed E-state index contributed by atoms with van der Waals surface area (Å²) in [7, 11) is 0. The molecule has 2 aromatic rings. The first-order valence-corrected chi connectivity index (χ1v) is 8.02. The van der Waals surface area contributed by atoms with Gasteiger partial charge in [0.2, 0.25) is 5.91 Å². The minimum absolute atomic E-state index is 0. The van der Waals surface area contributed by atoms with Gasteiger partial charge in [0.1, 0.15) is 5.82 Å². The van der Waals surface area contributed by atoms with Crippen molar-refractivity contribution in [1.29, 1.82) is 0 Å². The summed E-state index contributed by atoms with van der Waals surface area (Å²) in [4.78, 5) is 17.3. The van der Waals surface area contributed by atoms with Crippen molar-refractivity contribution in [3.8, 4) is 0 Å². The molecule has 126 valence electrons. The Kier molecular flexibility index (Phi) is 7.12. The summed E-state index contributed by atoms with van der Waals surface area (Å²) in [6.45, 7) is 3.70. The Morgan fingerprint density at radius 2 is 2.22 bits per heavy atom. The summed E-state index contributed by atoms with van der Waals surface area (Å²) in [6.07, 6.45) is 3.72. The zero-order valence-electron chi connectivity index (χ0n) is 13.1. The van der Waals surface area contributed by atoms with E-state index in [-0.39, 0.29) is 24.1 Å². The molecular weight excluding hydrogens is 337 g/mol. The topological polar surface area (TPSA) is 68.0 Å². The largest absolute Gasteiger partial charge is 0.318 e. The monoisotopic (exact) mass is 357 g/mol. The molecule has 1 unspecified atom stereocenters. The lowest BCUT2D eigenvalue weighted by Crippen LogP contribution is -2.48. The fourth-order valence-corrected chi connectivity index (χ4v) is 3.01. The minimum atomic E-state index is -0.900. The number of rotatable bonds is 6. The van der Waals surface area contributed by atoms with E-state index < -0.39 is 5.54 Å². The molecule has 1 aromatic heterocycles. The second-order valence-corrected chi connectivity index (χ2v) is 6.68. The summed E-state index contributed by atoms with van der Waals surface area (Å²) in [5.41, 5.74) is 5.96. The number of thiazole rings is 1. The van der Waals surface area contributed by atoms with E-state index in [0.29, 0.717) is 18.0 Å². The van der Waals surface area contributed by atoms with Gasteiger partial charge in [-0.15, -0.1) is 23.7 Å². The first kappa shape index (κ1) is 19.5. The lowest BCUT2D eigenvalue weighted by Gasteiger charge is -2.21. The number of nitrogens with two attached hydrogens (primary N) is 1. The molecule has 0 radical (unpaired) electrons. The van der Waals surface area contributed by atoms with Gasteiger partial charge in [0.05, 0.1) is 5.54 Å². The van der Waals surface area contributed by atoms with Gasteiger partial charge in [0.15, 0.2) is 5.13 Å². The van der Waals surface area contributed by atoms with Crippen molar-refractivity contribution in [1.82, 2.24) is 4.98 Å². The average molecular weight is 358 g/mol. The number of carbonyl (C=O) groups excluding carboxylic acids is 1. The van der Waals surface area contributed by atoms with Crippen LogP contribution in [-0.4, -0.2) is 16.4 Å². The lowest BCUT2D eigenvalue weighted by molar-refractivity contribution is -0.120. The molecule has 0 aliphatic rings. The van der Waals surface area contributed by atoms with E-state index >= 15 is 0 Å². The van der Waals surface area contributed by atoms with Crippen LogP contribution in [0.2, 0.25) is 0 Å². The Morgan fingerprint density at radius 1 is 1.48 bits per heavy atom. The van der Waals surface area contributed by atoms with Gasteiger partial charge in [-0.25, -0.2) is 9.37 Å². The van der Waals surface area contributed by atoms with E-state index in [1.807, 2.05) is 13.0 Å². The first-order valence-electron chi connectivity index (χ1n) is 7.20. The summed E-state index contributed by atoms with van der Waals surface area (Å²) >= 11 is 1.38. The van der Waals surface area contributed by atoms with E-state index in [1.165, 1.54) is 23.5 Å². The standard InChI is InChI=1S/C16H20FN3OS.ClH/c1-3-7-16(2,18)14(21)20-15-19-10-13(22-15)9-11-5-4-6-12(17)8-11;/h4-6,8,10H,3,7,9,18H2,1-2H3,(H,19,20,21);1H. The molecule has 0 aliphatic heterocycles. The van der Waals surface area contributed by atoms with Gasteiger partial charge in [0, 0.05) is 17.5 Å². The van der Waals surface area contributed by atoms with Gasteiger partial charge in [-0.1, -0.05) is 25.5 Å². The number of carbonyl (C=O) groups is 1. The summed E-state index contributed by atoms with van der Waals surface area (Å²) < 4.78 is 13.2. The molecule has 0 aliphatic carbocycles. The van der Waals surface area contributed by atoms with Gasteiger partial charge in [-0.05, 0) is 31.0 Å². The van der Waals surface area contributed by atoms with Crippen LogP contribution in [0.1, 0.15) is 37.1 Å². The maximum absolute atomic E-state index is 13.2. The fourth-order valence-electron chi connectivity index (χ4n) is 2.17. The fraction of sp³-hybridized carbons (Fsp3) is 0.375. The number of halogens is 2. The summed E-state index contributed by atoms with van der Waals surface area (Å²) in [5, 5.41) is 3.27. The number of amides is 1. The number of nitrogens with zero attached hydrogens (tertiary/aromatic N) is 1. The van der Waals surface area contributed by atoms with Crippen LogP contribution in [0.4, 0.5) is 9.52 Å². The number of benzene rings is 1. The number of hydrogen-bond acceptors (Lipinski definition) is 4. The molecule has 7 heteroatoms. The van der Waals surface area contributed by atoms with Crippen molar-refractivity contribution >= 4 is 34.8 Å². The van der Waals surface area contributed by atoms with Crippen LogP contribution < -0.4 is 11.1 Å². The Bertz CT molecular complexity index is 660. The summed E-state index contributed by atoms with van der Waals surface area (Å²) in [6, 6.07) is 6.45. The number of anilines is 1. The molecule has 0 bridgehead atoms. The molecule has 2 rings (SSSR count). The van der Waals surface area contributed by atoms with Crippen LogP contribution in [0, 0.1) is 5.82 Å². The van der Waals surface area contributed by atoms with Crippen molar-refractivity contribution < 1.29 is 9.18 Å².